The Morgan fingerprint density at radius 2 is 1.60 bits per heavy atom. The lowest BCUT2D eigenvalue weighted by Gasteiger charge is -2.32. The summed E-state index contributed by atoms with van der Waals surface area (Å²) in [4.78, 5) is 56.6. The van der Waals surface area contributed by atoms with Crippen LogP contribution in [0.15, 0.2) is 108 Å². The van der Waals surface area contributed by atoms with Gasteiger partial charge >= 0.3 is 0 Å². The Labute approximate surface area is 291 Å². The zero-order valence-corrected chi connectivity index (χ0v) is 29.5. The van der Waals surface area contributed by atoms with E-state index in [2.05, 4.69) is 5.10 Å². The van der Waals surface area contributed by atoms with Crippen molar-refractivity contribution in [3.63, 3.8) is 0 Å². The maximum absolute atomic E-state index is 14.8. The molecule has 0 aliphatic carbocycles. The number of hydrogen-bond donors (Lipinski definition) is 3. The topological polar surface area (TPSA) is 128 Å². The third kappa shape index (κ3) is 5.79. The van der Waals surface area contributed by atoms with E-state index in [0.717, 1.165) is 27.9 Å². The van der Waals surface area contributed by atoms with Gasteiger partial charge < -0.3 is 24.4 Å². The zero-order chi connectivity index (χ0) is 35.2. The first-order valence-corrected chi connectivity index (χ1v) is 20.1. The van der Waals surface area contributed by atoms with E-state index in [4.69, 9.17) is 4.74 Å². The van der Waals surface area contributed by atoms with E-state index in [9.17, 15) is 24.3 Å². The van der Waals surface area contributed by atoms with Crippen molar-refractivity contribution in [2.75, 3.05) is 18.1 Å². The van der Waals surface area contributed by atoms with Crippen LogP contribution >= 0.6 is 0 Å². The van der Waals surface area contributed by atoms with E-state index in [-0.39, 0.29) is 43.5 Å². The minimum Gasteiger partial charge on any atom is -0.432 e. The Morgan fingerprint density at radius 1 is 0.920 bits per heavy atom. The van der Waals surface area contributed by atoms with Crippen molar-refractivity contribution >= 4 is 36.7 Å². The van der Waals surface area contributed by atoms with Gasteiger partial charge in [-0.25, -0.2) is 4.68 Å². The monoisotopic (exact) mass is 690 g/mol. The minimum absolute atomic E-state index is 0.0232. The van der Waals surface area contributed by atoms with Gasteiger partial charge in [0.1, 0.15) is 0 Å². The van der Waals surface area contributed by atoms with Gasteiger partial charge in [0.05, 0.1) is 48.0 Å². The van der Waals surface area contributed by atoms with Gasteiger partial charge in [0.2, 0.25) is 5.91 Å². The summed E-state index contributed by atoms with van der Waals surface area (Å²) in [5, 5.41) is 13.6. The van der Waals surface area contributed by atoms with Crippen LogP contribution in [0.4, 0.5) is 5.69 Å². The third-order valence-corrected chi connectivity index (χ3v) is 12.8. The molecule has 4 aromatic carbocycles. The van der Waals surface area contributed by atoms with Gasteiger partial charge in [0, 0.05) is 30.1 Å². The molecule has 0 unspecified atom stereocenters. The number of carbonyl (C=O) groups is 2. The summed E-state index contributed by atoms with van der Waals surface area (Å²) in [5.74, 6) is -0.843. The van der Waals surface area contributed by atoms with Crippen molar-refractivity contribution in [3.8, 4) is 5.69 Å². The molecular weight excluding hydrogens is 649 g/mol. The molecule has 258 valence electrons. The van der Waals surface area contributed by atoms with Crippen LogP contribution in [-0.2, 0) is 33.0 Å². The number of amides is 2. The number of nitrogens with one attached hydrogen (secondary N) is 1. The van der Waals surface area contributed by atoms with Gasteiger partial charge in [-0.1, -0.05) is 79.7 Å². The highest BCUT2D eigenvalue weighted by atomic mass is 28.4. The fourth-order valence-corrected chi connectivity index (χ4v) is 10.6. The fourth-order valence-electron chi connectivity index (χ4n) is 8.08. The number of ether oxygens (including phenoxy) is 1. The molecule has 11 heteroatoms. The van der Waals surface area contributed by atoms with Crippen LogP contribution in [0.1, 0.15) is 30.0 Å². The molecule has 4 atom stereocenters. The molecule has 10 nitrogen and oxygen atoms in total. The second-order valence-electron chi connectivity index (χ2n) is 14.0. The first-order chi connectivity index (χ1) is 24.0. The molecule has 1 spiro atoms. The Hall–Kier alpha value is -4.81. The van der Waals surface area contributed by atoms with Gasteiger partial charge in [-0.2, -0.15) is 0 Å². The highest BCUT2D eigenvalue weighted by molar-refractivity contribution is 6.71. The third-order valence-electron chi connectivity index (χ3n) is 10.3. The number of para-hydroxylation sites is 2. The summed E-state index contributed by atoms with van der Waals surface area (Å²) in [6.45, 7) is 6.22. The maximum Gasteiger partial charge on any atom is 0.279 e. The largest absolute Gasteiger partial charge is 0.432 e. The molecule has 1 saturated heterocycles. The van der Waals surface area contributed by atoms with Crippen LogP contribution in [0.3, 0.4) is 0 Å². The summed E-state index contributed by atoms with van der Waals surface area (Å²) >= 11 is 0. The van der Waals surface area contributed by atoms with Gasteiger partial charge in [-0.3, -0.25) is 19.5 Å². The van der Waals surface area contributed by atoms with Crippen molar-refractivity contribution in [2.24, 2.45) is 5.92 Å². The number of nitrogens with zero attached hydrogens (tertiary/aromatic N) is 3. The maximum atomic E-state index is 14.8. The molecule has 3 N–H and O–H groups in total. The van der Waals surface area contributed by atoms with Gasteiger partial charge in [-0.15, -0.1) is 0 Å². The lowest BCUT2D eigenvalue weighted by Crippen LogP contribution is -2.46. The molecule has 2 amide bonds. The number of aromatic amines is 1. The van der Waals surface area contributed by atoms with E-state index in [1.54, 1.807) is 15.9 Å². The van der Waals surface area contributed by atoms with E-state index in [0.29, 0.717) is 17.6 Å². The summed E-state index contributed by atoms with van der Waals surface area (Å²) in [6.07, 6.45) is -0.725. The molecule has 3 heterocycles. The highest BCUT2D eigenvalue weighted by Gasteiger charge is 2.66. The van der Waals surface area contributed by atoms with Crippen LogP contribution in [0.5, 0.6) is 0 Å². The van der Waals surface area contributed by atoms with Crippen LogP contribution in [-0.4, -0.2) is 64.0 Å². The van der Waals surface area contributed by atoms with Crippen molar-refractivity contribution in [1.82, 2.24) is 14.7 Å². The van der Waals surface area contributed by atoms with Crippen molar-refractivity contribution in [3.05, 3.63) is 130 Å². The number of fused-ring (bicyclic) bond motifs is 3. The molecule has 2 aliphatic rings. The minimum atomic E-state index is -2.99. The number of carbonyl (C=O) groups excluding carboxylic acids is 2. The molecule has 1 fully saturated rings. The number of aliphatic hydroxyl groups excluding tert-OH is 1. The SMILES string of the molecule is C[C@@H]1[C@@H]([Si](C)(C)O)[C@H](CC(=O)N(CCO)Cc2ccccc2)O[C@@]12C(=O)N(Cc1ccc(-n3[nH]c4ccccc4c3=O)cc1)c1ccccc12. The summed E-state index contributed by atoms with van der Waals surface area (Å²) in [5.41, 5.74) is 2.78. The van der Waals surface area contributed by atoms with Gasteiger partial charge in [0.25, 0.3) is 11.5 Å². The Balaban J connectivity index is 1.17. The van der Waals surface area contributed by atoms with E-state index >= 15 is 0 Å². The second-order valence-corrected chi connectivity index (χ2v) is 17.9. The number of anilines is 1. The van der Waals surface area contributed by atoms with Crippen LogP contribution in [0, 0.1) is 5.92 Å². The average Bonchev–Trinajstić information content (AvgIpc) is 3.69. The lowest BCUT2D eigenvalue weighted by atomic mass is 9.82. The summed E-state index contributed by atoms with van der Waals surface area (Å²) < 4.78 is 8.38. The number of hydrogen-bond acceptors (Lipinski definition) is 6. The Bertz CT molecular complexity index is 2090. The smallest absolute Gasteiger partial charge is 0.279 e. The molecule has 5 aromatic rings. The molecule has 0 radical (unpaired) electrons. The lowest BCUT2D eigenvalue weighted by molar-refractivity contribution is -0.150. The summed E-state index contributed by atoms with van der Waals surface area (Å²) in [7, 11) is -2.99. The van der Waals surface area contributed by atoms with E-state index in [1.807, 2.05) is 117 Å². The highest BCUT2D eigenvalue weighted by Crippen LogP contribution is 2.59. The summed E-state index contributed by atoms with van der Waals surface area (Å²) in [6, 6.07) is 32.1. The Kier molecular flexibility index (Phi) is 8.85. The number of rotatable bonds is 10. The van der Waals surface area contributed by atoms with Gasteiger partial charge in [-0.05, 0) is 54.6 Å². The van der Waals surface area contributed by atoms with Crippen molar-refractivity contribution in [2.45, 2.75) is 56.8 Å². The number of aromatic nitrogens is 2. The van der Waals surface area contributed by atoms with Crippen molar-refractivity contribution in [1.29, 1.82) is 0 Å². The number of aliphatic hydroxyl groups is 1. The standard InChI is InChI=1S/C39H42N4O6Si/c1-26-36(50(2,3)48)34(23-35(45)41(21-22-44)24-27-11-5-4-6-12-27)49-39(26)31-14-8-10-16-33(31)42(38(39)47)25-28-17-19-29(20-18-28)43-37(46)30-13-7-9-15-32(30)40-43/h4-20,26,34,36,40,44,48H,21-25H2,1-3H3/t26-,34+,36-,39+/m1/s1. The predicted molar refractivity (Wildman–Crippen MR) is 194 cm³/mol. The fraction of sp³-hybridized carbons (Fsp3) is 0.308. The molecule has 0 saturated carbocycles. The Morgan fingerprint density at radius 3 is 2.30 bits per heavy atom. The normalized spacial score (nSPS) is 21.7. The van der Waals surface area contributed by atoms with E-state index in [1.165, 1.54) is 4.68 Å². The quantitative estimate of drug-likeness (QED) is 0.176. The van der Waals surface area contributed by atoms with Crippen molar-refractivity contribution < 1.29 is 24.2 Å². The van der Waals surface area contributed by atoms with E-state index < -0.39 is 31.5 Å². The molecule has 2 aliphatic heterocycles. The predicted octanol–water partition coefficient (Wildman–Crippen LogP) is 5.07. The molecule has 1 aromatic heterocycles. The molecule has 0 bridgehead atoms. The zero-order valence-electron chi connectivity index (χ0n) is 28.5. The molecule has 50 heavy (non-hydrogen) atoms. The second kappa shape index (κ2) is 13.1. The van der Waals surface area contributed by atoms with Crippen LogP contribution < -0.4 is 10.5 Å². The van der Waals surface area contributed by atoms with Gasteiger partial charge in [0.15, 0.2) is 13.9 Å². The number of H-pyrrole nitrogens is 1. The van der Waals surface area contributed by atoms with Crippen LogP contribution in [0.2, 0.25) is 18.6 Å². The molecular formula is C39H42N4O6Si. The average molecular weight is 691 g/mol. The number of benzene rings is 4. The first kappa shape index (κ1) is 33.7. The molecule has 7 rings (SSSR count). The first-order valence-electron chi connectivity index (χ1n) is 17.1. The van der Waals surface area contributed by atoms with Crippen LogP contribution in [0.25, 0.3) is 16.6 Å².